The van der Waals surface area contributed by atoms with E-state index in [1.54, 1.807) is 6.92 Å². The number of nitrogen functional groups attached to an aromatic ring is 1. The van der Waals surface area contributed by atoms with Crippen LogP contribution in [0.25, 0.3) is 0 Å². The molecule has 0 saturated heterocycles. The van der Waals surface area contributed by atoms with Crippen molar-refractivity contribution in [1.29, 1.82) is 0 Å². The van der Waals surface area contributed by atoms with Crippen molar-refractivity contribution in [3.8, 4) is 0 Å². The minimum atomic E-state index is -3.67. The van der Waals surface area contributed by atoms with Crippen LogP contribution in [-0.2, 0) is 10.0 Å². The summed E-state index contributed by atoms with van der Waals surface area (Å²) in [4.78, 5) is 2.00. The fourth-order valence-corrected chi connectivity index (χ4v) is 3.76. The molecule has 5 nitrogen and oxygen atoms in total. The molecule has 0 aromatic heterocycles. The number of benzene rings is 1. The van der Waals surface area contributed by atoms with Crippen molar-refractivity contribution in [2.75, 3.05) is 39.5 Å². The molecule has 0 aliphatic carbocycles. The molecule has 0 atom stereocenters. The first kappa shape index (κ1) is 17.9. The summed E-state index contributed by atoms with van der Waals surface area (Å²) >= 11 is 0. The molecule has 1 rings (SSSR count). The number of rotatable bonds is 7. The molecule has 0 fully saturated rings. The molecule has 2 N–H and O–H groups in total. The Bertz CT molecular complexity index is 588. The van der Waals surface area contributed by atoms with Crippen molar-refractivity contribution < 1.29 is 12.8 Å². The van der Waals surface area contributed by atoms with Crippen LogP contribution in [0.3, 0.4) is 0 Å². The third-order valence-electron chi connectivity index (χ3n) is 3.18. The number of hydrogen-bond acceptors (Lipinski definition) is 4. The van der Waals surface area contributed by atoms with E-state index in [1.165, 1.54) is 10.4 Å². The lowest BCUT2D eigenvalue weighted by molar-refractivity contribution is 0.333. The number of nitrogens with zero attached hydrogens (tertiary/aromatic N) is 2. The molecule has 1 aromatic rings. The van der Waals surface area contributed by atoms with Crippen molar-refractivity contribution in [3.63, 3.8) is 0 Å². The molecule has 0 spiro atoms. The van der Waals surface area contributed by atoms with Gasteiger partial charge in [0.25, 0.3) is 0 Å². The van der Waals surface area contributed by atoms with Crippen LogP contribution in [0.15, 0.2) is 17.0 Å². The number of likely N-dealkylation sites (N-methyl/N-ethyl adjacent to an activating group) is 1. The fourth-order valence-electron chi connectivity index (χ4n) is 2.00. The van der Waals surface area contributed by atoms with Crippen molar-refractivity contribution in [2.45, 2.75) is 25.2 Å². The number of hydrogen-bond donors (Lipinski definition) is 1. The van der Waals surface area contributed by atoms with E-state index in [0.717, 1.165) is 6.07 Å². The molecule has 0 saturated carbocycles. The average Bonchev–Trinajstić information content (AvgIpc) is 2.38. The van der Waals surface area contributed by atoms with Gasteiger partial charge in [0, 0.05) is 19.6 Å². The Morgan fingerprint density at radius 3 is 2.33 bits per heavy atom. The Labute approximate surface area is 126 Å². The summed E-state index contributed by atoms with van der Waals surface area (Å²) in [7, 11) is 0.105. The van der Waals surface area contributed by atoms with E-state index >= 15 is 0 Å². The van der Waals surface area contributed by atoms with Gasteiger partial charge >= 0.3 is 0 Å². The minimum absolute atomic E-state index is 0.0774. The monoisotopic (exact) mass is 317 g/mol. The molecule has 7 heteroatoms. The Kier molecular flexibility index (Phi) is 6.12. The van der Waals surface area contributed by atoms with Gasteiger partial charge in [0.05, 0.1) is 10.6 Å². The van der Waals surface area contributed by atoms with Crippen LogP contribution in [-0.4, -0.2) is 51.4 Å². The Morgan fingerprint density at radius 2 is 1.81 bits per heavy atom. The lowest BCUT2D eigenvalue weighted by Gasteiger charge is -2.24. The van der Waals surface area contributed by atoms with E-state index in [-0.39, 0.29) is 10.6 Å². The number of halogens is 1. The zero-order chi connectivity index (χ0) is 16.2. The van der Waals surface area contributed by atoms with E-state index in [9.17, 15) is 12.8 Å². The van der Waals surface area contributed by atoms with Gasteiger partial charge in [0.15, 0.2) is 0 Å². The lowest BCUT2D eigenvalue weighted by atomic mass is 10.2. The number of aryl methyl sites for hydroxylation is 1. The predicted octanol–water partition coefficient (Wildman–Crippen LogP) is 1.68. The summed E-state index contributed by atoms with van der Waals surface area (Å²) in [6.07, 6.45) is 0.711. The predicted molar refractivity (Wildman–Crippen MR) is 83.2 cm³/mol. The van der Waals surface area contributed by atoms with E-state index in [0.29, 0.717) is 31.6 Å². The van der Waals surface area contributed by atoms with Gasteiger partial charge in [-0.15, -0.1) is 0 Å². The van der Waals surface area contributed by atoms with Crippen LogP contribution in [0.1, 0.15) is 18.9 Å². The molecule has 0 bridgehead atoms. The third kappa shape index (κ3) is 4.39. The molecule has 0 aliphatic heterocycles. The maximum atomic E-state index is 13.4. The zero-order valence-electron chi connectivity index (χ0n) is 13.1. The van der Waals surface area contributed by atoms with Gasteiger partial charge in [0.1, 0.15) is 5.82 Å². The van der Waals surface area contributed by atoms with E-state index in [4.69, 9.17) is 5.73 Å². The maximum absolute atomic E-state index is 13.4. The highest BCUT2D eigenvalue weighted by Gasteiger charge is 2.26. The fraction of sp³-hybridized carbons (Fsp3) is 0.571. The Morgan fingerprint density at radius 1 is 1.19 bits per heavy atom. The summed E-state index contributed by atoms with van der Waals surface area (Å²) in [6.45, 7) is 4.93. The van der Waals surface area contributed by atoms with Gasteiger partial charge in [-0.2, -0.15) is 4.31 Å². The van der Waals surface area contributed by atoms with Crippen LogP contribution in [0.5, 0.6) is 0 Å². The van der Waals surface area contributed by atoms with Gasteiger partial charge in [-0.25, -0.2) is 12.8 Å². The highest BCUT2D eigenvalue weighted by Crippen LogP contribution is 2.24. The molecule has 0 heterocycles. The molecule has 0 aliphatic rings. The van der Waals surface area contributed by atoms with Crippen molar-refractivity contribution >= 4 is 15.7 Å². The molecule has 120 valence electrons. The van der Waals surface area contributed by atoms with Gasteiger partial charge in [0.2, 0.25) is 10.0 Å². The second-order valence-corrected chi connectivity index (χ2v) is 7.25. The van der Waals surface area contributed by atoms with Gasteiger partial charge in [-0.05, 0) is 45.1 Å². The van der Waals surface area contributed by atoms with Gasteiger partial charge in [-0.3, -0.25) is 0 Å². The maximum Gasteiger partial charge on any atom is 0.243 e. The van der Waals surface area contributed by atoms with Crippen LogP contribution < -0.4 is 5.73 Å². The summed E-state index contributed by atoms with van der Waals surface area (Å²) in [5, 5.41) is 0. The van der Waals surface area contributed by atoms with Crippen LogP contribution >= 0.6 is 0 Å². The quantitative estimate of drug-likeness (QED) is 0.777. The van der Waals surface area contributed by atoms with Crippen molar-refractivity contribution in [3.05, 3.63) is 23.5 Å². The summed E-state index contributed by atoms with van der Waals surface area (Å²) < 4.78 is 40.3. The largest absolute Gasteiger partial charge is 0.396 e. The third-order valence-corrected chi connectivity index (χ3v) is 5.22. The van der Waals surface area contributed by atoms with Gasteiger partial charge < -0.3 is 10.6 Å². The molecular weight excluding hydrogens is 293 g/mol. The van der Waals surface area contributed by atoms with Gasteiger partial charge in [-0.1, -0.05) is 6.92 Å². The summed E-state index contributed by atoms with van der Waals surface area (Å²) in [5.41, 5.74) is 5.73. The Balaban J connectivity index is 3.19. The topological polar surface area (TPSA) is 66.6 Å². The van der Waals surface area contributed by atoms with Crippen LogP contribution in [0, 0.1) is 12.7 Å². The van der Waals surface area contributed by atoms with Crippen LogP contribution in [0.2, 0.25) is 0 Å². The SMILES string of the molecule is CCCN(CCN(C)C)S(=O)(=O)c1cc(N)c(F)cc1C. The second kappa shape index (κ2) is 7.20. The Hall–Kier alpha value is -1.18. The highest BCUT2D eigenvalue weighted by molar-refractivity contribution is 7.89. The normalized spacial score (nSPS) is 12.3. The number of sulfonamides is 1. The summed E-state index contributed by atoms with van der Waals surface area (Å²) in [5.74, 6) is -0.596. The van der Waals surface area contributed by atoms with Crippen LogP contribution in [0.4, 0.5) is 10.1 Å². The minimum Gasteiger partial charge on any atom is -0.396 e. The van der Waals surface area contributed by atoms with Crippen molar-refractivity contribution in [1.82, 2.24) is 9.21 Å². The smallest absolute Gasteiger partial charge is 0.243 e. The lowest BCUT2D eigenvalue weighted by Crippen LogP contribution is -2.37. The number of nitrogens with two attached hydrogens (primary N) is 1. The summed E-state index contributed by atoms with van der Waals surface area (Å²) in [6, 6.07) is 2.37. The zero-order valence-corrected chi connectivity index (χ0v) is 13.9. The van der Waals surface area contributed by atoms with E-state index < -0.39 is 15.8 Å². The first-order valence-corrected chi connectivity index (χ1v) is 8.34. The van der Waals surface area contributed by atoms with Crippen molar-refractivity contribution in [2.24, 2.45) is 0 Å². The highest BCUT2D eigenvalue weighted by atomic mass is 32.2. The number of anilines is 1. The first-order chi connectivity index (χ1) is 9.70. The molecule has 0 radical (unpaired) electrons. The molecule has 0 amide bonds. The molecule has 0 unspecified atom stereocenters. The van der Waals surface area contributed by atoms with E-state index in [1.807, 2.05) is 25.9 Å². The average molecular weight is 317 g/mol. The first-order valence-electron chi connectivity index (χ1n) is 6.90. The molecular formula is C14H24FN3O2S. The standard InChI is InChI=1S/C14H24FN3O2S/c1-5-6-18(8-7-17(3)4)21(19,20)14-10-13(16)12(15)9-11(14)2/h9-10H,5-8,16H2,1-4H3. The second-order valence-electron chi connectivity index (χ2n) is 5.35. The van der Waals surface area contributed by atoms with E-state index in [2.05, 4.69) is 0 Å². The molecule has 21 heavy (non-hydrogen) atoms. The molecule has 1 aromatic carbocycles.